The van der Waals surface area contributed by atoms with E-state index >= 15 is 0 Å². The van der Waals surface area contributed by atoms with Gasteiger partial charge < -0.3 is 15.4 Å². The average Bonchev–Trinajstić information content (AvgIpc) is 2.57. The lowest BCUT2D eigenvalue weighted by Crippen LogP contribution is -2.60. The molecule has 0 aromatic carbocycles. The number of halogens is 1. The molecule has 1 aliphatic heterocycles. The molecule has 2 aliphatic rings. The van der Waals surface area contributed by atoms with Crippen molar-refractivity contribution in [2.75, 3.05) is 46.4 Å². The van der Waals surface area contributed by atoms with Gasteiger partial charge in [-0.1, -0.05) is 25.3 Å². The minimum Gasteiger partial charge on any atom is -0.379 e. The van der Waals surface area contributed by atoms with E-state index in [2.05, 4.69) is 27.1 Å². The Hall–Kier alpha value is -0.340. The molecule has 0 aromatic rings. The van der Waals surface area contributed by atoms with Gasteiger partial charge in [0.1, 0.15) is 0 Å². The van der Waals surface area contributed by atoms with Crippen molar-refractivity contribution in [3.05, 3.63) is 12.7 Å². The third-order valence-electron chi connectivity index (χ3n) is 4.69. The Bertz CT molecular complexity index is 350. The summed E-state index contributed by atoms with van der Waals surface area (Å²) in [6, 6.07) is 0. The van der Waals surface area contributed by atoms with Crippen LogP contribution in [-0.4, -0.2) is 62.8 Å². The largest absolute Gasteiger partial charge is 0.379 e. The van der Waals surface area contributed by atoms with Crippen LogP contribution in [0.5, 0.6) is 0 Å². The summed E-state index contributed by atoms with van der Waals surface area (Å²) in [5.41, 5.74) is 0.272. The molecule has 0 radical (unpaired) electrons. The summed E-state index contributed by atoms with van der Waals surface area (Å²) in [6.45, 7) is 9.28. The zero-order valence-electron chi connectivity index (χ0n) is 13.8. The molecule has 1 heterocycles. The van der Waals surface area contributed by atoms with Crippen molar-refractivity contribution in [2.24, 2.45) is 4.99 Å². The summed E-state index contributed by atoms with van der Waals surface area (Å²) >= 11 is 0. The van der Waals surface area contributed by atoms with E-state index in [0.29, 0.717) is 0 Å². The summed E-state index contributed by atoms with van der Waals surface area (Å²) in [6.07, 6.45) is 8.44. The molecule has 1 saturated carbocycles. The van der Waals surface area contributed by atoms with Crippen molar-refractivity contribution < 1.29 is 4.74 Å². The standard InChI is InChI=1S/C16H30N4O.HI/c1-3-9-18-15(17-2)19-14-16(7-5-4-6-8-16)20-10-12-21-13-11-20;/h3H,1,4-14H2,2H3,(H2,17,18,19);1H. The number of guanidine groups is 1. The van der Waals surface area contributed by atoms with Gasteiger partial charge in [-0.2, -0.15) is 0 Å². The molecule has 0 amide bonds. The van der Waals surface area contributed by atoms with Crippen LogP contribution < -0.4 is 10.6 Å². The molecule has 6 heteroatoms. The number of hydrogen-bond donors (Lipinski definition) is 2. The Morgan fingerprint density at radius 2 is 1.91 bits per heavy atom. The molecular weight excluding hydrogens is 391 g/mol. The highest BCUT2D eigenvalue weighted by Crippen LogP contribution is 2.33. The van der Waals surface area contributed by atoms with Gasteiger partial charge >= 0.3 is 0 Å². The highest BCUT2D eigenvalue weighted by atomic mass is 127. The number of rotatable bonds is 5. The maximum absolute atomic E-state index is 5.53. The van der Waals surface area contributed by atoms with Crippen molar-refractivity contribution in [2.45, 2.75) is 37.6 Å². The van der Waals surface area contributed by atoms with E-state index in [9.17, 15) is 0 Å². The lowest BCUT2D eigenvalue weighted by molar-refractivity contribution is -0.0352. The number of nitrogens with zero attached hydrogens (tertiary/aromatic N) is 2. The van der Waals surface area contributed by atoms with E-state index in [-0.39, 0.29) is 29.5 Å². The second-order valence-corrected chi connectivity index (χ2v) is 5.98. The SMILES string of the molecule is C=CCNC(=NC)NCC1(N2CCOCC2)CCCCC1.I. The van der Waals surface area contributed by atoms with Crippen molar-refractivity contribution in [3.8, 4) is 0 Å². The van der Waals surface area contributed by atoms with E-state index in [1.54, 1.807) is 0 Å². The van der Waals surface area contributed by atoms with Crippen molar-refractivity contribution >= 4 is 29.9 Å². The molecule has 0 aromatic heterocycles. The lowest BCUT2D eigenvalue weighted by Gasteiger charge is -2.48. The van der Waals surface area contributed by atoms with E-state index in [0.717, 1.165) is 45.4 Å². The zero-order chi connectivity index (χ0) is 15.0. The fourth-order valence-corrected chi connectivity index (χ4v) is 3.49. The number of nitrogens with one attached hydrogen (secondary N) is 2. The minimum atomic E-state index is 0. The topological polar surface area (TPSA) is 48.9 Å². The smallest absolute Gasteiger partial charge is 0.191 e. The molecule has 2 N–H and O–H groups in total. The Balaban J connectivity index is 0.00000242. The third-order valence-corrected chi connectivity index (χ3v) is 4.69. The molecule has 1 aliphatic carbocycles. The third kappa shape index (κ3) is 5.38. The van der Waals surface area contributed by atoms with Gasteiger partial charge in [-0.25, -0.2) is 0 Å². The lowest BCUT2D eigenvalue weighted by atomic mass is 9.80. The van der Waals surface area contributed by atoms with E-state index < -0.39 is 0 Å². The second-order valence-electron chi connectivity index (χ2n) is 5.98. The number of morpholine rings is 1. The van der Waals surface area contributed by atoms with Gasteiger partial charge in [0.2, 0.25) is 0 Å². The van der Waals surface area contributed by atoms with Gasteiger partial charge in [-0.15, -0.1) is 30.6 Å². The van der Waals surface area contributed by atoms with E-state index in [1.807, 2.05) is 13.1 Å². The van der Waals surface area contributed by atoms with Crippen LogP contribution in [0, 0.1) is 0 Å². The summed E-state index contributed by atoms with van der Waals surface area (Å²) < 4.78 is 5.53. The monoisotopic (exact) mass is 422 g/mol. The molecule has 0 spiro atoms. The first-order valence-corrected chi connectivity index (χ1v) is 8.19. The molecule has 0 unspecified atom stereocenters. The molecule has 22 heavy (non-hydrogen) atoms. The van der Waals surface area contributed by atoms with Crippen LogP contribution in [-0.2, 0) is 4.74 Å². The summed E-state index contributed by atoms with van der Waals surface area (Å²) in [4.78, 5) is 6.93. The molecule has 1 saturated heterocycles. The number of aliphatic imine (C=N–C) groups is 1. The van der Waals surface area contributed by atoms with Gasteiger partial charge in [0, 0.05) is 38.8 Å². The maximum atomic E-state index is 5.53. The van der Waals surface area contributed by atoms with Crippen LogP contribution in [0.25, 0.3) is 0 Å². The molecule has 0 bridgehead atoms. The first-order valence-electron chi connectivity index (χ1n) is 8.19. The quantitative estimate of drug-likeness (QED) is 0.308. The zero-order valence-corrected chi connectivity index (χ0v) is 16.1. The van der Waals surface area contributed by atoms with Crippen LogP contribution in [0.15, 0.2) is 17.6 Å². The number of ether oxygens (including phenoxy) is 1. The molecule has 128 valence electrons. The molecular formula is C16H31IN4O. The van der Waals surface area contributed by atoms with Crippen LogP contribution in [0.3, 0.4) is 0 Å². The molecule has 2 rings (SSSR count). The average molecular weight is 422 g/mol. The predicted molar refractivity (Wildman–Crippen MR) is 103 cm³/mol. The van der Waals surface area contributed by atoms with E-state index in [1.165, 1.54) is 32.1 Å². The fraction of sp³-hybridized carbons (Fsp3) is 0.812. The van der Waals surface area contributed by atoms with E-state index in [4.69, 9.17) is 4.74 Å². The van der Waals surface area contributed by atoms with Crippen LogP contribution in [0.1, 0.15) is 32.1 Å². The van der Waals surface area contributed by atoms with Crippen molar-refractivity contribution in [1.82, 2.24) is 15.5 Å². The Labute approximate surface area is 152 Å². The van der Waals surface area contributed by atoms with Gasteiger partial charge in [-0.05, 0) is 12.8 Å². The van der Waals surface area contributed by atoms with Gasteiger partial charge in [0.15, 0.2) is 5.96 Å². The minimum absolute atomic E-state index is 0. The molecule has 2 fully saturated rings. The first kappa shape index (κ1) is 19.7. The normalized spacial score (nSPS) is 22.5. The van der Waals surface area contributed by atoms with Crippen molar-refractivity contribution in [3.63, 3.8) is 0 Å². The summed E-state index contributed by atoms with van der Waals surface area (Å²) in [7, 11) is 1.82. The Morgan fingerprint density at radius 3 is 2.50 bits per heavy atom. The second kappa shape index (κ2) is 10.4. The highest BCUT2D eigenvalue weighted by molar-refractivity contribution is 14.0. The first-order chi connectivity index (χ1) is 10.3. The van der Waals surface area contributed by atoms with Crippen LogP contribution in [0.4, 0.5) is 0 Å². The van der Waals surface area contributed by atoms with Crippen molar-refractivity contribution in [1.29, 1.82) is 0 Å². The Kier molecular flexibility index (Phi) is 9.35. The summed E-state index contributed by atoms with van der Waals surface area (Å²) in [5, 5.41) is 6.78. The molecule has 0 atom stereocenters. The number of hydrogen-bond acceptors (Lipinski definition) is 3. The van der Waals surface area contributed by atoms with Crippen LogP contribution in [0.2, 0.25) is 0 Å². The predicted octanol–water partition coefficient (Wildman–Crippen LogP) is 1.99. The maximum Gasteiger partial charge on any atom is 0.191 e. The van der Waals surface area contributed by atoms with Gasteiger partial charge in [0.05, 0.1) is 13.2 Å². The highest BCUT2D eigenvalue weighted by Gasteiger charge is 2.38. The Morgan fingerprint density at radius 1 is 1.23 bits per heavy atom. The van der Waals surface area contributed by atoms with Gasteiger partial charge in [-0.3, -0.25) is 9.89 Å². The van der Waals surface area contributed by atoms with Gasteiger partial charge in [0.25, 0.3) is 0 Å². The molecule has 5 nitrogen and oxygen atoms in total. The van der Waals surface area contributed by atoms with Crippen LogP contribution >= 0.6 is 24.0 Å². The summed E-state index contributed by atoms with van der Waals surface area (Å²) in [5.74, 6) is 0.869. The fourth-order valence-electron chi connectivity index (χ4n) is 3.49.